The van der Waals surface area contributed by atoms with Gasteiger partial charge in [0, 0.05) is 12.1 Å². The Balaban J connectivity index is 0.000000220. The SMILES string of the molecule is CCC1C(NC=O)CC(C)(C)CC1NC=O.c1ccc([CH2][Ti][CH2]c2ccccc2)cc1. The minimum absolute atomic E-state index is 0.136. The third kappa shape index (κ3) is 9.00. The first-order chi connectivity index (χ1) is 15.0. The summed E-state index contributed by atoms with van der Waals surface area (Å²) in [6.07, 6.45) is 4.45. The molecule has 0 bridgehead atoms. The van der Waals surface area contributed by atoms with E-state index in [2.05, 4.69) is 92.1 Å². The molecule has 0 saturated heterocycles. The molecule has 1 aliphatic carbocycles. The molecule has 4 nitrogen and oxygen atoms in total. The van der Waals surface area contributed by atoms with Crippen LogP contribution in [0, 0.1) is 11.3 Å². The fourth-order valence-corrected chi connectivity index (χ4v) is 6.34. The van der Waals surface area contributed by atoms with Crippen molar-refractivity contribution in [1.29, 1.82) is 0 Å². The molecule has 0 spiro atoms. The Bertz CT molecular complexity index is 706. The quantitative estimate of drug-likeness (QED) is 0.430. The van der Waals surface area contributed by atoms with Crippen LogP contribution in [-0.2, 0) is 38.2 Å². The van der Waals surface area contributed by atoms with Gasteiger partial charge in [0.1, 0.15) is 0 Å². The van der Waals surface area contributed by atoms with E-state index in [1.807, 2.05) is 0 Å². The molecule has 2 unspecified atom stereocenters. The van der Waals surface area contributed by atoms with Crippen LogP contribution in [0.3, 0.4) is 0 Å². The monoisotopic (exact) mass is 456 g/mol. The van der Waals surface area contributed by atoms with Crippen molar-refractivity contribution in [2.75, 3.05) is 0 Å². The Labute approximate surface area is 196 Å². The van der Waals surface area contributed by atoms with Gasteiger partial charge in [-0.15, -0.1) is 0 Å². The summed E-state index contributed by atoms with van der Waals surface area (Å²) in [6, 6.07) is 21.9. The number of hydrogen-bond donors (Lipinski definition) is 2. The number of nitrogens with one attached hydrogen (secondary N) is 2. The average molecular weight is 456 g/mol. The third-order valence-electron chi connectivity index (χ3n) is 5.96. The molecule has 2 N–H and O–H groups in total. The molecule has 0 heterocycles. The molecule has 5 heteroatoms. The Kier molecular flexibility index (Phi) is 11.0. The van der Waals surface area contributed by atoms with Crippen LogP contribution in [-0.4, -0.2) is 24.9 Å². The summed E-state index contributed by atoms with van der Waals surface area (Å²) in [5, 5.41) is 5.79. The van der Waals surface area contributed by atoms with Crippen molar-refractivity contribution < 1.29 is 28.7 Å². The zero-order chi connectivity index (χ0) is 22.5. The Morgan fingerprint density at radius 1 is 0.839 bits per heavy atom. The van der Waals surface area contributed by atoms with Crippen LogP contribution < -0.4 is 10.6 Å². The van der Waals surface area contributed by atoms with E-state index < -0.39 is 0 Å². The van der Waals surface area contributed by atoms with E-state index in [0.29, 0.717) is 5.92 Å². The maximum absolute atomic E-state index is 10.6. The predicted molar refractivity (Wildman–Crippen MR) is 123 cm³/mol. The Morgan fingerprint density at radius 3 is 1.61 bits per heavy atom. The summed E-state index contributed by atoms with van der Waals surface area (Å²) in [4.78, 5) is 21.2. The number of benzene rings is 2. The van der Waals surface area contributed by atoms with E-state index in [4.69, 9.17) is 0 Å². The van der Waals surface area contributed by atoms with Gasteiger partial charge in [-0.1, -0.05) is 20.8 Å². The van der Waals surface area contributed by atoms with Crippen LogP contribution in [0.4, 0.5) is 0 Å². The number of carbonyl (C=O) groups excluding carboxylic acids is 2. The second-order valence-corrected chi connectivity index (χ2v) is 10.9. The van der Waals surface area contributed by atoms with Crippen molar-refractivity contribution in [2.45, 2.75) is 61.6 Å². The van der Waals surface area contributed by atoms with Crippen molar-refractivity contribution in [2.24, 2.45) is 11.3 Å². The molecule has 0 aliphatic heterocycles. The fourth-order valence-electron chi connectivity index (χ4n) is 4.51. The van der Waals surface area contributed by atoms with Gasteiger partial charge in [-0.3, -0.25) is 9.59 Å². The first-order valence-electron chi connectivity index (χ1n) is 11.2. The molecule has 2 aromatic rings. The van der Waals surface area contributed by atoms with E-state index in [-0.39, 0.29) is 36.7 Å². The summed E-state index contributed by atoms with van der Waals surface area (Å²) in [5.74, 6) is 0.337. The number of carbonyl (C=O) groups is 2. The number of amides is 2. The van der Waals surface area contributed by atoms with Gasteiger partial charge < -0.3 is 10.6 Å². The van der Waals surface area contributed by atoms with E-state index in [1.54, 1.807) is 0 Å². The first-order valence-corrected chi connectivity index (χ1v) is 13.4. The topological polar surface area (TPSA) is 58.2 Å². The standard InChI is InChI=1S/C12H22N2O2.2C7H7.Ti/c1-4-9-10(13-7-15)5-12(2,3)6-11(9)14-8-16;2*1-7-5-3-2-4-6-7;/h7-11H,4-6H2,1-3H3,(H,13,15)(H,14,16);2*2-6H,1H2;. The summed E-state index contributed by atoms with van der Waals surface area (Å²) >= 11 is 0.136. The van der Waals surface area contributed by atoms with Gasteiger partial charge in [0.25, 0.3) is 0 Å². The van der Waals surface area contributed by atoms with Crippen molar-refractivity contribution in [3.05, 3.63) is 71.8 Å². The molecule has 1 fully saturated rings. The molecule has 2 aromatic carbocycles. The van der Waals surface area contributed by atoms with E-state index >= 15 is 0 Å². The molecule has 1 aliphatic rings. The van der Waals surface area contributed by atoms with E-state index in [9.17, 15) is 9.59 Å². The summed E-state index contributed by atoms with van der Waals surface area (Å²) in [6.45, 7) is 6.46. The van der Waals surface area contributed by atoms with Crippen LogP contribution in [0.2, 0.25) is 0 Å². The van der Waals surface area contributed by atoms with Crippen LogP contribution in [0.15, 0.2) is 60.7 Å². The number of hydrogen-bond acceptors (Lipinski definition) is 2. The Morgan fingerprint density at radius 2 is 1.26 bits per heavy atom. The predicted octanol–water partition coefficient (Wildman–Crippen LogP) is 4.53. The molecule has 0 aromatic heterocycles. The van der Waals surface area contributed by atoms with Crippen molar-refractivity contribution >= 4 is 12.8 Å². The van der Waals surface area contributed by atoms with E-state index in [1.165, 1.54) is 20.6 Å². The van der Waals surface area contributed by atoms with Gasteiger partial charge in [0.05, 0.1) is 0 Å². The zero-order valence-electron chi connectivity index (χ0n) is 19.0. The first kappa shape index (κ1) is 25.4. The van der Waals surface area contributed by atoms with Gasteiger partial charge in [0.15, 0.2) is 0 Å². The fraction of sp³-hybridized carbons (Fsp3) is 0.462. The summed E-state index contributed by atoms with van der Waals surface area (Å²) in [5.41, 5.74) is 3.15. The van der Waals surface area contributed by atoms with Gasteiger partial charge >= 0.3 is 100 Å². The molecule has 166 valence electrons. The normalized spacial score (nSPS) is 21.7. The van der Waals surface area contributed by atoms with Crippen LogP contribution in [0.5, 0.6) is 0 Å². The zero-order valence-corrected chi connectivity index (χ0v) is 20.6. The molecule has 0 radical (unpaired) electrons. The van der Waals surface area contributed by atoms with Crippen LogP contribution in [0.25, 0.3) is 0 Å². The van der Waals surface area contributed by atoms with Gasteiger partial charge in [-0.25, -0.2) is 0 Å². The Hall–Kier alpha value is -1.91. The summed E-state index contributed by atoms with van der Waals surface area (Å²) in [7, 11) is 0. The van der Waals surface area contributed by atoms with Crippen LogP contribution in [0.1, 0.15) is 51.2 Å². The molecule has 3 rings (SSSR count). The molecule has 2 atom stereocenters. The molecular formula is C26H36N2O2Ti. The van der Waals surface area contributed by atoms with Crippen molar-refractivity contribution in [1.82, 2.24) is 10.6 Å². The van der Waals surface area contributed by atoms with Gasteiger partial charge in [-0.2, -0.15) is 0 Å². The van der Waals surface area contributed by atoms with Gasteiger partial charge in [0.2, 0.25) is 12.8 Å². The second-order valence-electron chi connectivity index (χ2n) is 9.00. The van der Waals surface area contributed by atoms with Gasteiger partial charge in [-0.05, 0) is 30.6 Å². The summed E-state index contributed by atoms with van der Waals surface area (Å²) < 4.78 is 2.60. The number of rotatable bonds is 9. The van der Waals surface area contributed by atoms with Crippen LogP contribution >= 0.6 is 0 Å². The third-order valence-corrected chi connectivity index (χ3v) is 8.01. The van der Waals surface area contributed by atoms with Crippen molar-refractivity contribution in [3.8, 4) is 0 Å². The van der Waals surface area contributed by atoms with E-state index in [0.717, 1.165) is 32.1 Å². The molecule has 1 saturated carbocycles. The molecule has 2 amide bonds. The average Bonchev–Trinajstić information content (AvgIpc) is 2.76. The molecular weight excluding hydrogens is 420 g/mol. The van der Waals surface area contributed by atoms with Crippen molar-refractivity contribution in [3.63, 3.8) is 0 Å². The maximum atomic E-state index is 10.6. The minimum atomic E-state index is 0.136. The second kappa shape index (κ2) is 13.5. The molecule has 31 heavy (non-hydrogen) atoms.